The Morgan fingerprint density at radius 1 is 1.86 bits per heavy atom. The lowest BCUT2D eigenvalue weighted by Crippen LogP contribution is -2.37. The smallest absolute Gasteiger partial charge is 0.225 e. The molecule has 76 valence electrons. The van der Waals surface area contributed by atoms with Crippen molar-refractivity contribution >= 4 is 11.8 Å². The highest BCUT2D eigenvalue weighted by Gasteiger charge is 2.28. The number of nitrogens with one attached hydrogen (secondary N) is 2. The van der Waals surface area contributed by atoms with E-state index in [1.807, 2.05) is 6.92 Å². The Balaban J connectivity index is 2.35. The molecule has 1 fully saturated rings. The molecule has 0 aliphatic carbocycles. The first-order valence-electron chi connectivity index (χ1n) is 4.64. The predicted octanol–water partition coefficient (Wildman–Crippen LogP) is -0.350. The molecule has 14 heavy (non-hydrogen) atoms. The van der Waals surface area contributed by atoms with Crippen LogP contribution < -0.4 is 10.6 Å². The van der Waals surface area contributed by atoms with Gasteiger partial charge in [-0.25, -0.2) is 0 Å². The van der Waals surface area contributed by atoms with Gasteiger partial charge in [-0.05, 0) is 6.92 Å². The highest BCUT2D eigenvalue weighted by Crippen LogP contribution is 2.09. The average Bonchev–Trinajstić information content (AvgIpc) is 2.52. The van der Waals surface area contributed by atoms with Crippen LogP contribution in [0.1, 0.15) is 19.8 Å². The third kappa shape index (κ3) is 2.77. The number of hydrogen-bond acceptors (Lipinski definition) is 2. The Morgan fingerprint density at radius 3 is 3.07 bits per heavy atom. The van der Waals surface area contributed by atoms with Crippen LogP contribution in [0.4, 0.5) is 0 Å². The maximum Gasteiger partial charge on any atom is 0.225 e. The minimum absolute atomic E-state index is 0.0248. The van der Waals surface area contributed by atoms with Crippen molar-refractivity contribution in [2.45, 2.75) is 25.8 Å². The number of amides is 2. The molecule has 0 saturated carbocycles. The molecular formula is C10H14N2O2. The molecule has 1 heterocycles. The van der Waals surface area contributed by atoms with Gasteiger partial charge in [0.2, 0.25) is 11.8 Å². The molecule has 0 bridgehead atoms. The summed E-state index contributed by atoms with van der Waals surface area (Å²) in [6.07, 6.45) is 5.91. The summed E-state index contributed by atoms with van der Waals surface area (Å²) >= 11 is 0. The molecule has 1 rings (SSSR count). The molecule has 2 N–H and O–H groups in total. The topological polar surface area (TPSA) is 58.2 Å². The third-order valence-electron chi connectivity index (χ3n) is 2.16. The van der Waals surface area contributed by atoms with Crippen LogP contribution in [0.25, 0.3) is 0 Å². The lowest BCUT2D eigenvalue weighted by molar-refractivity contribution is -0.127. The fourth-order valence-electron chi connectivity index (χ4n) is 1.38. The maximum absolute atomic E-state index is 11.5. The molecule has 1 aliphatic rings. The summed E-state index contributed by atoms with van der Waals surface area (Å²) in [6.45, 7) is 2.29. The van der Waals surface area contributed by atoms with E-state index in [2.05, 4.69) is 16.6 Å². The van der Waals surface area contributed by atoms with Crippen LogP contribution in [-0.4, -0.2) is 24.4 Å². The molecule has 0 aromatic heterocycles. The first-order valence-corrected chi connectivity index (χ1v) is 4.64. The normalized spacial score (nSPS) is 22.3. The molecule has 0 radical (unpaired) electrons. The van der Waals surface area contributed by atoms with E-state index in [4.69, 9.17) is 6.42 Å². The van der Waals surface area contributed by atoms with Gasteiger partial charge in [-0.2, -0.15) is 0 Å². The van der Waals surface area contributed by atoms with Crippen molar-refractivity contribution in [1.82, 2.24) is 10.6 Å². The van der Waals surface area contributed by atoms with Crippen LogP contribution in [0.5, 0.6) is 0 Å². The van der Waals surface area contributed by atoms with Gasteiger partial charge in [0.25, 0.3) is 0 Å². The van der Waals surface area contributed by atoms with Crippen LogP contribution in [0.15, 0.2) is 0 Å². The second-order valence-corrected chi connectivity index (χ2v) is 3.52. The number of rotatable bonds is 3. The Labute approximate surface area is 83.4 Å². The van der Waals surface area contributed by atoms with E-state index in [0.717, 1.165) is 0 Å². The highest BCUT2D eigenvalue weighted by molar-refractivity contribution is 5.89. The maximum atomic E-state index is 11.5. The fourth-order valence-corrected chi connectivity index (χ4v) is 1.38. The van der Waals surface area contributed by atoms with E-state index >= 15 is 0 Å². The zero-order valence-electron chi connectivity index (χ0n) is 8.17. The van der Waals surface area contributed by atoms with Gasteiger partial charge in [0, 0.05) is 25.4 Å². The summed E-state index contributed by atoms with van der Waals surface area (Å²) in [6, 6.07) is -0.0248. The molecular weight excluding hydrogens is 180 g/mol. The van der Waals surface area contributed by atoms with E-state index in [0.29, 0.717) is 13.0 Å². The third-order valence-corrected chi connectivity index (χ3v) is 2.16. The van der Waals surface area contributed by atoms with Gasteiger partial charge in [0.05, 0.1) is 5.92 Å². The standard InChI is InChI=1S/C10H14N2O2/c1-3-4-7(2)12-10(14)8-5-9(13)11-6-8/h1,7-8H,4-6H2,2H3,(H,11,13)(H,12,14). The predicted molar refractivity (Wildman–Crippen MR) is 52.2 cm³/mol. The Hall–Kier alpha value is -1.50. The summed E-state index contributed by atoms with van der Waals surface area (Å²) in [5.41, 5.74) is 0. The minimum atomic E-state index is -0.234. The van der Waals surface area contributed by atoms with Gasteiger partial charge >= 0.3 is 0 Å². The van der Waals surface area contributed by atoms with Crippen LogP contribution >= 0.6 is 0 Å². The lowest BCUT2D eigenvalue weighted by Gasteiger charge is -2.13. The molecule has 2 unspecified atom stereocenters. The van der Waals surface area contributed by atoms with Crippen molar-refractivity contribution in [1.29, 1.82) is 0 Å². The van der Waals surface area contributed by atoms with Crippen LogP contribution in [0.3, 0.4) is 0 Å². The van der Waals surface area contributed by atoms with E-state index in [1.54, 1.807) is 0 Å². The van der Waals surface area contributed by atoms with E-state index < -0.39 is 0 Å². The molecule has 0 aromatic rings. The van der Waals surface area contributed by atoms with Gasteiger partial charge in [-0.1, -0.05) is 0 Å². The van der Waals surface area contributed by atoms with Gasteiger partial charge in [0.15, 0.2) is 0 Å². The first kappa shape index (κ1) is 10.6. The van der Waals surface area contributed by atoms with Crippen LogP contribution in [0, 0.1) is 18.3 Å². The molecule has 0 spiro atoms. The summed E-state index contributed by atoms with van der Waals surface area (Å²) in [5.74, 6) is 2.09. The largest absolute Gasteiger partial charge is 0.355 e. The van der Waals surface area contributed by atoms with E-state index in [1.165, 1.54) is 0 Å². The number of hydrogen-bond donors (Lipinski definition) is 2. The molecule has 4 nitrogen and oxygen atoms in total. The van der Waals surface area contributed by atoms with Crippen molar-refractivity contribution in [3.63, 3.8) is 0 Å². The summed E-state index contributed by atoms with van der Waals surface area (Å²) < 4.78 is 0. The molecule has 1 saturated heterocycles. The summed E-state index contributed by atoms with van der Waals surface area (Å²) in [7, 11) is 0. The van der Waals surface area contributed by atoms with Crippen molar-refractivity contribution < 1.29 is 9.59 Å². The SMILES string of the molecule is C#CCC(C)NC(=O)C1CNC(=O)C1. The highest BCUT2D eigenvalue weighted by atomic mass is 16.2. The van der Waals surface area contributed by atoms with Crippen LogP contribution in [0.2, 0.25) is 0 Å². The van der Waals surface area contributed by atoms with Gasteiger partial charge < -0.3 is 10.6 Å². The second kappa shape index (κ2) is 4.66. The molecule has 1 aliphatic heterocycles. The van der Waals surface area contributed by atoms with E-state index in [9.17, 15) is 9.59 Å². The van der Waals surface area contributed by atoms with Crippen molar-refractivity contribution in [2.24, 2.45) is 5.92 Å². The van der Waals surface area contributed by atoms with Crippen LogP contribution in [-0.2, 0) is 9.59 Å². The zero-order valence-corrected chi connectivity index (χ0v) is 8.17. The monoisotopic (exact) mass is 194 g/mol. The van der Waals surface area contributed by atoms with Crippen molar-refractivity contribution in [3.05, 3.63) is 0 Å². The average molecular weight is 194 g/mol. The number of carbonyl (C=O) groups excluding carboxylic acids is 2. The fraction of sp³-hybridized carbons (Fsp3) is 0.600. The first-order chi connectivity index (χ1) is 6.63. The van der Waals surface area contributed by atoms with Gasteiger partial charge in [-0.3, -0.25) is 9.59 Å². The second-order valence-electron chi connectivity index (χ2n) is 3.52. The molecule has 2 amide bonds. The van der Waals surface area contributed by atoms with Crippen molar-refractivity contribution in [3.8, 4) is 12.3 Å². The number of carbonyl (C=O) groups is 2. The molecule has 2 atom stereocenters. The molecule has 4 heteroatoms. The zero-order chi connectivity index (χ0) is 10.6. The number of terminal acetylenes is 1. The Morgan fingerprint density at radius 2 is 2.57 bits per heavy atom. The Bertz CT molecular complexity index is 280. The Kier molecular flexibility index (Phi) is 3.52. The summed E-state index contributed by atoms with van der Waals surface area (Å²) in [5, 5.41) is 5.39. The molecule has 0 aromatic carbocycles. The van der Waals surface area contributed by atoms with Gasteiger partial charge in [-0.15, -0.1) is 12.3 Å². The van der Waals surface area contributed by atoms with Gasteiger partial charge in [0.1, 0.15) is 0 Å². The minimum Gasteiger partial charge on any atom is -0.355 e. The summed E-state index contributed by atoms with van der Waals surface area (Å²) in [4.78, 5) is 22.4. The van der Waals surface area contributed by atoms with E-state index in [-0.39, 0.29) is 30.2 Å². The lowest BCUT2D eigenvalue weighted by atomic mass is 10.1. The van der Waals surface area contributed by atoms with Crippen molar-refractivity contribution in [2.75, 3.05) is 6.54 Å². The quantitative estimate of drug-likeness (QED) is 0.603.